The Morgan fingerprint density at radius 2 is 2.14 bits per heavy atom. The summed E-state index contributed by atoms with van der Waals surface area (Å²) in [4.78, 5) is 12.3. The molecule has 0 spiro atoms. The standard InChI is InChI=1S/C6H9NO.C4H9NO/c1-2-7-5-3-4-6(7)8;1-3-6-4-2-5-1/h2H,1,3-5H2;5H,1-4H2. The van der Waals surface area contributed by atoms with Crippen molar-refractivity contribution >= 4 is 5.91 Å². The number of carbonyl (C=O) groups excluding carboxylic acids is 1. The van der Waals surface area contributed by atoms with Gasteiger partial charge in [-0.3, -0.25) is 4.79 Å². The molecule has 0 aromatic rings. The number of hydrogen-bond donors (Lipinski definition) is 1. The van der Waals surface area contributed by atoms with Gasteiger partial charge < -0.3 is 15.0 Å². The summed E-state index contributed by atoms with van der Waals surface area (Å²) >= 11 is 0. The third-order valence-corrected chi connectivity index (χ3v) is 2.18. The fraction of sp³-hybridized carbons (Fsp3) is 0.700. The molecule has 0 bridgehead atoms. The van der Waals surface area contributed by atoms with Crippen LogP contribution in [0.5, 0.6) is 0 Å². The Kier molecular flexibility index (Phi) is 5.25. The van der Waals surface area contributed by atoms with Crippen molar-refractivity contribution in [3.63, 3.8) is 0 Å². The van der Waals surface area contributed by atoms with Crippen LogP contribution in [0.1, 0.15) is 12.8 Å². The number of ether oxygens (including phenoxy) is 1. The zero-order valence-corrected chi connectivity index (χ0v) is 8.50. The Labute approximate surface area is 84.9 Å². The molecule has 0 atom stereocenters. The summed E-state index contributed by atoms with van der Waals surface area (Å²) in [5.41, 5.74) is 0. The molecule has 2 heterocycles. The monoisotopic (exact) mass is 198 g/mol. The second-order valence-corrected chi connectivity index (χ2v) is 3.24. The third kappa shape index (κ3) is 3.89. The molecule has 0 aromatic heterocycles. The van der Waals surface area contributed by atoms with Crippen LogP contribution in [-0.4, -0.2) is 43.7 Å². The van der Waals surface area contributed by atoms with Gasteiger partial charge in [0.05, 0.1) is 13.2 Å². The first-order valence-electron chi connectivity index (χ1n) is 5.05. The molecule has 4 heteroatoms. The molecule has 0 radical (unpaired) electrons. The molecule has 0 aliphatic carbocycles. The van der Waals surface area contributed by atoms with E-state index in [0.29, 0.717) is 6.42 Å². The molecule has 2 aliphatic heterocycles. The SMILES string of the molecule is C1COCCN1.C=CN1CCCC1=O. The summed E-state index contributed by atoms with van der Waals surface area (Å²) in [5, 5.41) is 3.16. The molecular weight excluding hydrogens is 180 g/mol. The largest absolute Gasteiger partial charge is 0.379 e. The summed E-state index contributed by atoms with van der Waals surface area (Å²) in [7, 11) is 0. The molecule has 2 fully saturated rings. The second-order valence-electron chi connectivity index (χ2n) is 3.24. The Bertz CT molecular complexity index is 179. The lowest BCUT2D eigenvalue weighted by Gasteiger charge is -2.10. The van der Waals surface area contributed by atoms with Gasteiger partial charge in [0.15, 0.2) is 0 Å². The van der Waals surface area contributed by atoms with Gasteiger partial charge in [0.25, 0.3) is 0 Å². The highest BCUT2D eigenvalue weighted by Gasteiger charge is 2.15. The van der Waals surface area contributed by atoms with Gasteiger partial charge in [0.2, 0.25) is 5.91 Å². The first-order chi connectivity index (χ1) is 6.84. The normalized spacial score (nSPS) is 21.4. The minimum atomic E-state index is 0.208. The van der Waals surface area contributed by atoms with Gasteiger partial charge in [-0.2, -0.15) is 0 Å². The van der Waals surface area contributed by atoms with Crippen molar-refractivity contribution in [3.05, 3.63) is 12.8 Å². The predicted octanol–water partition coefficient (Wildman–Crippen LogP) is 0.358. The molecular formula is C10H18N2O2. The van der Waals surface area contributed by atoms with Gasteiger partial charge in [0.1, 0.15) is 0 Å². The molecule has 14 heavy (non-hydrogen) atoms. The maximum Gasteiger partial charge on any atom is 0.226 e. The third-order valence-electron chi connectivity index (χ3n) is 2.18. The zero-order chi connectivity index (χ0) is 10.2. The molecule has 1 amide bonds. The van der Waals surface area contributed by atoms with Crippen molar-refractivity contribution in [3.8, 4) is 0 Å². The first kappa shape index (κ1) is 11.2. The van der Waals surface area contributed by atoms with Crippen LogP contribution in [0.25, 0.3) is 0 Å². The average molecular weight is 198 g/mol. The Morgan fingerprint density at radius 3 is 2.36 bits per heavy atom. The fourth-order valence-electron chi connectivity index (χ4n) is 1.38. The van der Waals surface area contributed by atoms with Crippen LogP contribution in [-0.2, 0) is 9.53 Å². The lowest BCUT2D eigenvalue weighted by molar-refractivity contribution is -0.125. The van der Waals surface area contributed by atoms with Crippen LogP contribution < -0.4 is 5.32 Å². The topological polar surface area (TPSA) is 41.6 Å². The van der Waals surface area contributed by atoms with E-state index in [1.165, 1.54) is 0 Å². The number of amides is 1. The number of likely N-dealkylation sites (tertiary alicyclic amines) is 1. The van der Waals surface area contributed by atoms with E-state index in [0.717, 1.165) is 39.3 Å². The average Bonchev–Trinajstić information content (AvgIpc) is 2.67. The van der Waals surface area contributed by atoms with E-state index in [1.807, 2.05) is 0 Å². The lowest BCUT2D eigenvalue weighted by atomic mass is 10.4. The molecule has 4 nitrogen and oxygen atoms in total. The summed E-state index contributed by atoms with van der Waals surface area (Å²) < 4.78 is 5.01. The van der Waals surface area contributed by atoms with Crippen LogP contribution in [0.2, 0.25) is 0 Å². The van der Waals surface area contributed by atoms with Crippen LogP contribution in [0.4, 0.5) is 0 Å². The van der Waals surface area contributed by atoms with Crippen LogP contribution in [0.3, 0.4) is 0 Å². The van der Waals surface area contributed by atoms with Crippen LogP contribution in [0.15, 0.2) is 12.8 Å². The van der Waals surface area contributed by atoms with Crippen molar-refractivity contribution in [2.45, 2.75) is 12.8 Å². The van der Waals surface area contributed by atoms with E-state index in [1.54, 1.807) is 11.1 Å². The van der Waals surface area contributed by atoms with E-state index in [9.17, 15) is 4.79 Å². The predicted molar refractivity (Wildman–Crippen MR) is 54.8 cm³/mol. The number of morpholine rings is 1. The number of rotatable bonds is 1. The molecule has 0 aromatic carbocycles. The Balaban J connectivity index is 0.000000146. The smallest absolute Gasteiger partial charge is 0.226 e. The minimum Gasteiger partial charge on any atom is -0.379 e. The first-order valence-corrected chi connectivity index (χ1v) is 5.05. The highest BCUT2D eigenvalue weighted by molar-refractivity contribution is 5.78. The number of carbonyl (C=O) groups is 1. The number of hydrogen-bond acceptors (Lipinski definition) is 3. The fourth-order valence-corrected chi connectivity index (χ4v) is 1.38. The van der Waals surface area contributed by atoms with Crippen LogP contribution in [0, 0.1) is 0 Å². The van der Waals surface area contributed by atoms with Gasteiger partial charge in [-0.05, 0) is 12.6 Å². The van der Waals surface area contributed by atoms with Crippen molar-refractivity contribution in [2.75, 3.05) is 32.8 Å². The van der Waals surface area contributed by atoms with Gasteiger partial charge >= 0.3 is 0 Å². The van der Waals surface area contributed by atoms with Crippen LogP contribution >= 0.6 is 0 Å². The Hall–Kier alpha value is -0.870. The molecule has 2 saturated heterocycles. The van der Waals surface area contributed by atoms with E-state index >= 15 is 0 Å². The van der Waals surface area contributed by atoms with E-state index < -0.39 is 0 Å². The number of nitrogens with one attached hydrogen (secondary N) is 1. The van der Waals surface area contributed by atoms with Crippen molar-refractivity contribution in [1.82, 2.24) is 10.2 Å². The van der Waals surface area contributed by atoms with Crippen molar-refractivity contribution in [2.24, 2.45) is 0 Å². The summed E-state index contributed by atoms with van der Waals surface area (Å²) in [6.07, 6.45) is 3.28. The van der Waals surface area contributed by atoms with E-state index in [-0.39, 0.29) is 5.91 Å². The summed E-state index contributed by atoms with van der Waals surface area (Å²) in [6, 6.07) is 0. The summed E-state index contributed by atoms with van der Waals surface area (Å²) in [5.74, 6) is 0.208. The molecule has 2 rings (SSSR count). The molecule has 1 N–H and O–H groups in total. The quantitative estimate of drug-likeness (QED) is 0.661. The maximum atomic E-state index is 10.7. The van der Waals surface area contributed by atoms with E-state index in [4.69, 9.17) is 4.74 Å². The molecule has 0 saturated carbocycles. The van der Waals surface area contributed by atoms with Gasteiger partial charge in [-0.1, -0.05) is 6.58 Å². The second kappa shape index (κ2) is 6.56. The highest BCUT2D eigenvalue weighted by atomic mass is 16.5. The zero-order valence-electron chi connectivity index (χ0n) is 8.50. The number of nitrogens with zero attached hydrogens (tertiary/aromatic N) is 1. The lowest BCUT2D eigenvalue weighted by Crippen LogP contribution is -2.30. The minimum absolute atomic E-state index is 0.208. The highest BCUT2D eigenvalue weighted by Crippen LogP contribution is 2.08. The van der Waals surface area contributed by atoms with Crippen molar-refractivity contribution < 1.29 is 9.53 Å². The van der Waals surface area contributed by atoms with Gasteiger partial charge in [-0.25, -0.2) is 0 Å². The molecule has 2 aliphatic rings. The molecule has 80 valence electrons. The maximum absolute atomic E-state index is 10.7. The van der Waals surface area contributed by atoms with Gasteiger partial charge in [0, 0.05) is 26.1 Å². The molecule has 0 unspecified atom stereocenters. The Morgan fingerprint density at radius 1 is 1.43 bits per heavy atom. The van der Waals surface area contributed by atoms with Gasteiger partial charge in [-0.15, -0.1) is 0 Å². The van der Waals surface area contributed by atoms with Crippen molar-refractivity contribution in [1.29, 1.82) is 0 Å². The summed E-state index contributed by atoms with van der Waals surface area (Å²) in [6.45, 7) is 8.19. The van der Waals surface area contributed by atoms with E-state index in [2.05, 4.69) is 11.9 Å².